The molecule has 4 heteroatoms. The topological polar surface area (TPSA) is 25.2 Å². The van der Waals surface area contributed by atoms with Crippen molar-refractivity contribution in [3.8, 4) is 0 Å². The first kappa shape index (κ1) is 16.6. The molecule has 1 heterocycles. The second-order valence-corrected chi connectivity index (χ2v) is 7.46. The maximum Gasteiger partial charge on any atom is 0.270 e. The molecule has 0 radical (unpaired) electrons. The van der Waals surface area contributed by atoms with Crippen molar-refractivity contribution in [2.75, 3.05) is 7.05 Å². The third-order valence-corrected chi connectivity index (χ3v) is 5.29. The molecule has 0 aliphatic heterocycles. The van der Waals surface area contributed by atoms with Crippen LogP contribution < -0.4 is 0 Å². The minimum absolute atomic E-state index is 0.148. The molecule has 0 saturated heterocycles. The van der Waals surface area contributed by atoms with Crippen LogP contribution in [0.25, 0.3) is 0 Å². The van der Waals surface area contributed by atoms with E-state index in [0.29, 0.717) is 12.1 Å². The summed E-state index contributed by atoms with van der Waals surface area (Å²) in [7, 11) is 1.96. The quantitative estimate of drug-likeness (QED) is 0.756. The number of hydrogen-bond acceptors (Lipinski definition) is 1. The van der Waals surface area contributed by atoms with E-state index < -0.39 is 0 Å². The fourth-order valence-corrected chi connectivity index (χ4v) is 3.77. The summed E-state index contributed by atoms with van der Waals surface area (Å²) < 4.78 is 3.03. The lowest BCUT2D eigenvalue weighted by molar-refractivity contribution is 0.0662. The van der Waals surface area contributed by atoms with Gasteiger partial charge in [0.15, 0.2) is 0 Å². The van der Waals surface area contributed by atoms with Gasteiger partial charge in [0.2, 0.25) is 0 Å². The van der Waals surface area contributed by atoms with Gasteiger partial charge in [-0.2, -0.15) is 0 Å². The molecule has 1 aromatic heterocycles. The van der Waals surface area contributed by atoms with Crippen LogP contribution in [0.5, 0.6) is 0 Å². The fraction of sp³-hybridized carbons (Fsp3) is 0.706. The van der Waals surface area contributed by atoms with Crippen LogP contribution in [0.15, 0.2) is 16.7 Å². The van der Waals surface area contributed by atoms with Crippen molar-refractivity contribution in [2.45, 2.75) is 65.0 Å². The predicted molar refractivity (Wildman–Crippen MR) is 90.6 cm³/mol. The van der Waals surface area contributed by atoms with Gasteiger partial charge in [-0.1, -0.05) is 13.3 Å². The van der Waals surface area contributed by atoms with E-state index in [9.17, 15) is 4.79 Å². The van der Waals surface area contributed by atoms with Gasteiger partial charge >= 0.3 is 0 Å². The third-order valence-electron chi connectivity index (χ3n) is 4.85. The minimum Gasteiger partial charge on any atom is -0.340 e. The molecule has 1 amide bonds. The number of halogens is 1. The lowest BCUT2D eigenvalue weighted by Crippen LogP contribution is -2.40. The van der Waals surface area contributed by atoms with E-state index in [1.807, 2.05) is 24.2 Å². The minimum atomic E-state index is 0.148. The Morgan fingerprint density at radius 2 is 2.00 bits per heavy atom. The van der Waals surface area contributed by atoms with Crippen LogP contribution in [0.2, 0.25) is 0 Å². The Morgan fingerprint density at radius 1 is 1.38 bits per heavy atom. The molecule has 1 aromatic rings. The first-order valence-corrected chi connectivity index (χ1v) is 8.87. The highest BCUT2D eigenvalue weighted by atomic mass is 79.9. The van der Waals surface area contributed by atoms with Gasteiger partial charge in [-0.15, -0.1) is 0 Å². The van der Waals surface area contributed by atoms with Crippen molar-refractivity contribution in [2.24, 2.45) is 5.92 Å². The highest BCUT2D eigenvalue weighted by Crippen LogP contribution is 2.30. The van der Waals surface area contributed by atoms with Crippen molar-refractivity contribution in [3.63, 3.8) is 0 Å². The van der Waals surface area contributed by atoms with Crippen LogP contribution in [-0.2, 0) is 0 Å². The van der Waals surface area contributed by atoms with Crippen LogP contribution in [0.4, 0.5) is 0 Å². The van der Waals surface area contributed by atoms with E-state index in [2.05, 4.69) is 41.3 Å². The van der Waals surface area contributed by atoms with Crippen LogP contribution in [-0.4, -0.2) is 28.5 Å². The predicted octanol–water partition coefficient (Wildman–Crippen LogP) is 4.87. The summed E-state index contributed by atoms with van der Waals surface area (Å²) in [6.45, 7) is 6.48. The molecule has 3 nitrogen and oxygen atoms in total. The molecule has 21 heavy (non-hydrogen) atoms. The smallest absolute Gasteiger partial charge is 0.270 e. The number of rotatable bonds is 4. The van der Waals surface area contributed by atoms with Gasteiger partial charge in [-0.3, -0.25) is 4.79 Å². The summed E-state index contributed by atoms with van der Waals surface area (Å²) in [6.07, 6.45) is 8.07. The lowest BCUT2D eigenvalue weighted by atomic mass is 9.84. The van der Waals surface area contributed by atoms with Crippen LogP contribution in [0.1, 0.15) is 69.4 Å². The number of hydrogen-bond donors (Lipinski definition) is 0. The molecule has 0 aromatic carbocycles. The van der Waals surface area contributed by atoms with Gasteiger partial charge in [-0.25, -0.2) is 0 Å². The van der Waals surface area contributed by atoms with Crippen LogP contribution in [0, 0.1) is 5.92 Å². The second-order valence-electron chi connectivity index (χ2n) is 6.54. The summed E-state index contributed by atoms with van der Waals surface area (Å²) in [5.74, 6) is 1.01. The number of nitrogens with zero attached hydrogens (tertiary/aromatic N) is 2. The summed E-state index contributed by atoms with van der Waals surface area (Å²) in [4.78, 5) is 14.8. The second kappa shape index (κ2) is 6.99. The molecular formula is C17H27BrN2O. The molecule has 0 N–H and O–H groups in total. The van der Waals surface area contributed by atoms with Crippen LogP contribution in [0.3, 0.4) is 0 Å². The number of amides is 1. The SMILES string of the molecule is CCC1CCC(N(C)C(=O)c2cc(Br)cn2C(C)C)CC1. The molecular weight excluding hydrogens is 328 g/mol. The summed E-state index contributed by atoms with van der Waals surface area (Å²) >= 11 is 3.49. The molecule has 2 rings (SSSR count). The van der Waals surface area contributed by atoms with Gasteiger partial charge in [0.1, 0.15) is 5.69 Å². The number of carbonyl (C=O) groups is 1. The van der Waals surface area contributed by atoms with E-state index in [0.717, 1.165) is 28.9 Å². The number of carbonyl (C=O) groups excluding carboxylic acids is 1. The van der Waals surface area contributed by atoms with E-state index in [-0.39, 0.29) is 5.91 Å². The molecule has 118 valence electrons. The summed E-state index contributed by atoms with van der Waals surface area (Å²) in [5.41, 5.74) is 0.789. The summed E-state index contributed by atoms with van der Waals surface area (Å²) in [6, 6.07) is 2.63. The van der Waals surface area contributed by atoms with Crippen molar-refractivity contribution in [1.82, 2.24) is 9.47 Å². The molecule has 1 saturated carbocycles. The van der Waals surface area contributed by atoms with Gasteiger partial charge in [0, 0.05) is 29.8 Å². The molecule has 0 atom stereocenters. The molecule has 1 aliphatic carbocycles. The zero-order valence-electron chi connectivity index (χ0n) is 13.6. The van der Waals surface area contributed by atoms with E-state index in [4.69, 9.17) is 0 Å². The first-order valence-electron chi connectivity index (χ1n) is 8.08. The first-order chi connectivity index (χ1) is 9.93. The lowest BCUT2D eigenvalue weighted by Gasteiger charge is -2.34. The fourth-order valence-electron chi connectivity index (χ4n) is 3.33. The van der Waals surface area contributed by atoms with Gasteiger partial charge in [0.25, 0.3) is 5.91 Å². The van der Waals surface area contributed by atoms with Crippen LogP contribution >= 0.6 is 15.9 Å². The third kappa shape index (κ3) is 3.71. The van der Waals surface area contributed by atoms with Gasteiger partial charge in [0.05, 0.1) is 0 Å². The van der Waals surface area contributed by atoms with E-state index >= 15 is 0 Å². The zero-order valence-corrected chi connectivity index (χ0v) is 15.2. The van der Waals surface area contributed by atoms with Crippen molar-refractivity contribution < 1.29 is 4.79 Å². The largest absolute Gasteiger partial charge is 0.340 e. The maximum atomic E-state index is 12.8. The summed E-state index contributed by atoms with van der Waals surface area (Å²) in [5, 5.41) is 0. The Labute approximate surface area is 136 Å². The highest BCUT2D eigenvalue weighted by Gasteiger charge is 2.28. The Balaban J connectivity index is 2.09. The Kier molecular flexibility index (Phi) is 5.53. The molecule has 0 unspecified atom stereocenters. The molecule has 0 bridgehead atoms. The molecule has 1 aliphatic rings. The van der Waals surface area contributed by atoms with Gasteiger partial charge < -0.3 is 9.47 Å². The van der Waals surface area contributed by atoms with Crippen molar-refractivity contribution >= 4 is 21.8 Å². The normalized spacial score (nSPS) is 22.6. The maximum absolute atomic E-state index is 12.8. The Hall–Kier alpha value is -0.770. The monoisotopic (exact) mass is 354 g/mol. The molecule has 1 fully saturated rings. The van der Waals surface area contributed by atoms with Crippen molar-refractivity contribution in [1.29, 1.82) is 0 Å². The zero-order chi connectivity index (χ0) is 15.6. The van der Waals surface area contributed by atoms with E-state index in [1.165, 1.54) is 19.3 Å². The molecule has 0 spiro atoms. The average Bonchev–Trinajstić information content (AvgIpc) is 2.88. The standard InChI is InChI=1S/C17H27BrN2O/c1-5-13-6-8-15(9-7-13)19(4)17(21)16-10-14(18)11-20(16)12(2)3/h10-13,15H,5-9H2,1-4H3. The Bertz CT molecular complexity index is 487. The average molecular weight is 355 g/mol. The number of aromatic nitrogens is 1. The van der Waals surface area contributed by atoms with Crippen molar-refractivity contribution in [3.05, 3.63) is 22.4 Å². The highest BCUT2D eigenvalue weighted by molar-refractivity contribution is 9.10. The Morgan fingerprint density at radius 3 is 2.52 bits per heavy atom. The van der Waals surface area contributed by atoms with E-state index in [1.54, 1.807) is 0 Å². The van der Waals surface area contributed by atoms with Gasteiger partial charge in [-0.05, 0) is 67.4 Å².